The van der Waals surface area contributed by atoms with Gasteiger partial charge in [0.2, 0.25) is 10.0 Å². The molecule has 0 amide bonds. The lowest BCUT2D eigenvalue weighted by Crippen LogP contribution is -2.52. The van der Waals surface area contributed by atoms with Crippen molar-refractivity contribution < 1.29 is 22.7 Å². The zero-order chi connectivity index (χ0) is 15.8. The monoisotopic (exact) mass is 316 g/mol. The van der Waals surface area contributed by atoms with Gasteiger partial charge in [-0.2, -0.15) is 4.31 Å². The van der Waals surface area contributed by atoms with Gasteiger partial charge in [0.1, 0.15) is 10.7 Å². The first kappa shape index (κ1) is 15.9. The maximum atomic E-state index is 13.8. The van der Waals surface area contributed by atoms with Crippen LogP contribution in [0, 0.1) is 5.82 Å². The molecule has 1 N–H and O–H groups in total. The van der Waals surface area contributed by atoms with Crippen molar-refractivity contribution >= 4 is 16.0 Å². The van der Waals surface area contributed by atoms with E-state index in [0.29, 0.717) is 6.54 Å². The SMILES string of the molecule is CC1CN(S(=O)(=O)c2cc(C(=O)O)ccc2F)CCN1C. The molecule has 1 saturated heterocycles. The van der Waals surface area contributed by atoms with Gasteiger partial charge in [0.05, 0.1) is 5.56 Å². The molecule has 116 valence electrons. The second kappa shape index (κ2) is 5.70. The van der Waals surface area contributed by atoms with E-state index in [9.17, 15) is 17.6 Å². The highest BCUT2D eigenvalue weighted by atomic mass is 32.2. The third kappa shape index (κ3) is 3.07. The smallest absolute Gasteiger partial charge is 0.335 e. The minimum Gasteiger partial charge on any atom is -0.478 e. The van der Waals surface area contributed by atoms with Crippen molar-refractivity contribution in [3.63, 3.8) is 0 Å². The van der Waals surface area contributed by atoms with Crippen molar-refractivity contribution in [3.05, 3.63) is 29.6 Å². The van der Waals surface area contributed by atoms with Gasteiger partial charge in [-0.25, -0.2) is 17.6 Å². The molecule has 0 radical (unpaired) electrons. The fraction of sp³-hybridized carbons (Fsp3) is 0.462. The normalized spacial score (nSPS) is 21.4. The van der Waals surface area contributed by atoms with E-state index >= 15 is 0 Å². The van der Waals surface area contributed by atoms with Crippen LogP contribution in [0.3, 0.4) is 0 Å². The lowest BCUT2D eigenvalue weighted by atomic mass is 10.2. The summed E-state index contributed by atoms with van der Waals surface area (Å²) in [6, 6.07) is 2.80. The van der Waals surface area contributed by atoms with Crippen LogP contribution in [-0.4, -0.2) is 61.4 Å². The van der Waals surface area contributed by atoms with Gasteiger partial charge in [0, 0.05) is 25.7 Å². The number of rotatable bonds is 3. The molecule has 6 nitrogen and oxygen atoms in total. The van der Waals surface area contributed by atoms with Crippen LogP contribution in [0.2, 0.25) is 0 Å². The predicted octanol–water partition coefficient (Wildman–Crippen LogP) is 0.849. The predicted molar refractivity (Wildman–Crippen MR) is 74.2 cm³/mol. The summed E-state index contributed by atoms with van der Waals surface area (Å²) in [6.45, 7) is 2.92. The van der Waals surface area contributed by atoms with Crippen LogP contribution in [0.15, 0.2) is 23.1 Å². The van der Waals surface area contributed by atoms with Crippen LogP contribution in [0.5, 0.6) is 0 Å². The number of hydrogen-bond donors (Lipinski definition) is 1. The highest BCUT2D eigenvalue weighted by molar-refractivity contribution is 7.89. The van der Waals surface area contributed by atoms with Crippen molar-refractivity contribution in [1.82, 2.24) is 9.21 Å². The number of piperazine rings is 1. The van der Waals surface area contributed by atoms with Crippen molar-refractivity contribution in [3.8, 4) is 0 Å². The molecule has 0 saturated carbocycles. The molecule has 0 aromatic heterocycles. The Labute approximate surface area is 122 Å². The molecule has 1 aromatic carbocycles. The first-order valence-electron chi connectivity index (χ1n) is 6.46. The maximum Gasteiger partial charge on any atom is 0.335 e. The van der Waals surface area contributed by atoms with Crippen LogP contribution in [0.1, 0.15) is 17.3 Å². The van der Waals surface area contributed by atoms with E-state index in [1.807, 2.05) is 18.9 Å². The molecule has 21 heavy (non-hydrogen) atoms. The Kier molecular flexibility index (Phi) is 4.31. The molecule has 1 unspecified atom stereocenters. The van der Waals surface area contributed by atoms with E-state index < -0.39 is 26.7 Å². The molecule has 0 aliphatic carbocycles. The van der Waals surface area contributed by atoms with Crippen LogP contribution in [-0.2, 0) is 10.0 Å². The Morgan fingerprint density at radius 2 is 2.05 bits per heavy atom. The Balaban J connectivity index is 2.40. The van der Waals surface area contributed by atoms with E-state index in [1.165, 1.54) is 4.31 Å². The number of carbonyl (C=O) groups is 1. The Bertz CT molecular complexity index is 662. The lowest BCUT2D eigenvalue weighted by molar-refractivity contribution is 0.0696. The van der Waals surface area contributed by atoms with Crippen LogP contribution in [0.4, 0.5) is 4.39 Å². The van der Waals surface area contributed by atoms with E-state index in [2.05, 4.69) is 0 Å². The molecule has 0 spiro atoms. The summed E-state index contributed by atoms with van der Waals surface area (Å²) in [5.41, 5.74) is -0.253. The number of likely N-dealkylation sites (N-methyl/N-ethyl adjacent to an activating group) is 1. The average Bonchev–Trinajstić information content (AvgIpc) is 2.41. The minimum atomic E-state index is -4.04. The number of hydrogen-bond acceptors (Lipinski definition) is 4. The first-order valence-corrected chi connectivity index (χ1v) is 7.90. The van der Waals surface area contributed by atoms with Gasteiger partial charge in [-0.1, -0.05) is 0 Å². The largest absolute Gasteiger partial charge is 0.478 e. The molecule has 1 fully saturated rings. The zero-order valence-corrected chi connectivity index (χ0v) is 12.6. The van der Waals surface area contributed by atoms with Crippen LogP contribution >= 0.6 is 0 Å². The summed E-state index contributed by atoms with van der Waals surface area (Å²) in [7, 11) is -2.15. The highest BCUT2D eigenvalue weighted by Crippen LogP contribution is 2.23. The first-order chi connectivity index (χ1) is 9.73. The quantitative estimate of drug-likeness (QED) is 0.894. The van der Waals surface area contributed by atoms with E-state index in [-0.39, 0.29) is 24.7 Å². The van der Waals surface area contributed by atoms with Crippen LogP contribution in [0.25, 0.3) is 0 Å². The maximum absolute atomic E-state index is 13.8. The van der Waals surface area contributed by atoms with Gasteiger partial charge in [-0.3, -0.25) is 0 Å². The third-order valence-electron chi connectivity index (χ3n) is 3.72. The second-order valence-electron chi connectivity index (χ2n) is 5.14. The molecule has 2 rings (SSSR count). The number of benzene rings is 1. The molecule has 1 aromatic rings. The molecule has 0 bridgehead atoms. The Morgan fingerprint density at radius 1 is 1.38 bits per heavy atom. The number of carboxylic acid groups (broad SMARTS) is 1. The number of halogens is 1. The standard InChI is InChI=1S/C13H17FN2O4S/c1-9-8-16(6-5-15(9)2)21(19,20)12-7-10(13(17)18)3-4-11(12)14/h3-4,7,9H,5-6,8H2,1-2H3,(H,17,18). The summed E-state index contributed by atoms with van der Waals surface area (Å²) >= 11 is 0. The van der Waals surface area contributed by atoms with Crippen molar-refractivity contribution in [1.29, 1.82) is 0 Å². The Morgan fingerprint density at radius 3 is 2.62 bits per heavy atom. The van der Waals surface area contributed by atoms with Crippen LogP contribution < -0.4 is 0 Å². The number of sulfonamides is 1. The second-order valence-corrected chi connectivity index (χ2v) is 7.05. The van der Waals surface area contributed by atoms with Gasteiger partial charge in [-0.05, 0) is 32.2 Å². The van der Waals surface area contributed by atoms with Gasteiger partial charge in [0.15, 0.2) is 0 Å². The molecule has 8 heteroatoms. The van der Waals surface area contributed by atoms with Gasteiger partial charge in [0.25, 0.3) is 0 Å². The minimum absolute atomic E-state index is 0.0132. The molecule has 1 aliphatic rings. The van der Waals surface area contributed by atoms with E-state index in [0.717, 1.165) is 18.2 Å². The molecule has 1 atom stereocenters. The molecular weight excluding hydrogens is 299 g/mol. The highest BCUT2D eigenvalue weighted by Gasteiger charge is 2.33. The Hall–Kier alpha value is -1.51. The summed E-state index contributed by atoms with van der Waals surface area (Å²) in [4.78, 5) is 12.4. The molecule has 1 heterocycles. The summed E-state index contributed by atoms with van der Waals surface area (Å²) in [5.74, 6) is -2.23. The van der Waals surface area contributed by atoms with Crippen molar-refractivity contribution in [2.24, 2.45) is 0 Å². The number of aromatic carboxylic acids is 1. The summed E-state index contributed by atoms with van der Waals surface area (Å²) in [5, 5.41) is 8.92. The molecular formula is C13H17FN2O4S. The fourth-order valence-electron chi connectivity index (χ4n) is 2.21. The zero-order valence-electron chi connectivity index (χ0n) is 11.8. The van der Waals surface area contributed by atoms with Gasteiger partial charge in [-0.15, -0.1) is 0 Å². The molecule has 1 aliphatic heterocycles. The van der Waals surface area contributed by atoms with E-state index in [4.69, 9.17) is 5.11 Å². The lowest BCUT2D eigenvalue weighted by Gasteiger charge is -2.36. The average molecular weight is 316 g/mol. The fourth-order valence-corrected chi connectivity index (χ4v) is 3.81. The summed E-state index contributed by atoms with van der Waals surface area (Å²) in [6.07, 6.45) is 0. The van der Waals surface area contributed by atoms with Crippen molar-refractivity contribution in [2.75, 3.05) is 26.7 Å². The summed E-state index contributed by atoms with van der Waals surface area (Å²) < 4.78 is 40.1. The topological polar surface area (TPSA) is 77.9 Å². The van der Waals surface area contributed by atoms with E-state index in [1.54, 1.807) is 0 Å². The number of carboxylic acids is 1. The van der Waals surface area contributed by atoms with Gasteiger partial charge < -0.3 is 10.0 Å². The van der Waals surface area contributed by atoms with Gasteiger partial charge >= 0.3 is 5.97 Å². The number of nitrogens with zero attached hydrogens (tertiary/aromatic N) is 2. The third-order valence-corrected chi connectivity index (χ3v) is 5.60. The van der Waals surface area contributed by atoms with Crippen molar-refractivity contribution in [2.45, 2.75) is 17.9 Å².